The topological polar surface area (TPSA) is 93.4 Å². The lowest BCUT2D eigenvalue weighted by molar-refractivity contribution is -0.145. The van der Waals surface area contributed by atoms with Crippen molar-refractivity contribution in [3.05, 3.63) is 29.8 Å². The number of unbranched alkanes of at least 4 members (excludes halogenated alkanes) is 3. The number of aliphatic hydroxyl groups excluding tert-OH is 4. The van der Waals surface area contributed by atoms with Gasteiger partial charge in [0.2, 0.25) is 0 Å². The lowest BCUT2D eigenvalue weighted by atomic mass is 9.94. The van der Waals surface area contributed by atoms with Crippen LogP contribution in [0.3, 0.4) is 0 Å². The third-order valence-electron chi connectivity index (χ3n) is 4.99. The van der Waals surface area contributed by atoms with Crippen molar-refractivity contribution < 1.29 is 38.3 Å². The summed E-state index contributed by atoms with van der Waals surface area (Å²) in [6.45, 7) is 0.742. The summed E-state index contributed by atoms with van der Waals surface area (Å²) in [6, 6.07) is 4.18. The Morgan fingerprint density at radius 3 is 2.43 bits per heavy atom. The molecule has 9 heteroatoms. The second-order valence-electron chi connectivity index (χ2n) is 7.08. The molecule has 0 aromatic heterocycles. The molecular formula is C19H28F3NO5. The van der Waals surface area contributed by atoms with Crippen LogP contribution in [0.1, 0.15) is 31.2 Å². The summed E-state index contributed by atoms with van der Waals surface area (Å²) in [5.41, 5.74) is -0.737. The van der Waals surface area contributed by atoms with Crippen molar-refractivity contribution in [2.45, 2.75) is 56.2 Å². The van der Waals surface area contributed by atoms with E-state index in [4.69, 9.17) is 4.74 Å². The quantitative estimate of drug-likeness (QED) is 0.463. The van der Waals surface area contributed by atoms with Gasteiger partial charge in [-0.2, -0.15) is 13.2 Å². The van der Waals surface area contributed by atoms with Crippen molar-refractivity contribution >= 4 is 0 Å². The molecule has 0 saturated carbocycles. The molecule has 1 saturated heterocycles. The highest BCUT2D eigenvalue weighted by molar-refractivity contribution is 5.30. The van der Waals surface area contributed by atoms with Crippen LogP contribution in [0, 0.1) is 0 Å². The number of likely N-dealkylation sites (tertiary alicyclic amines) is 1. The molecule has 1 aromatic rings. The van der Waals surface area contributed by atoms with E-state index in [1.54, 1.807) is 4.90 Å². The summed E-state index contributed by atoms with van der Waals surface area (Å²) in [5, 5.41) is 38.8. The molecule has 28 heavy (non-hydrogen) atoms. The molecule has 6 nitrogen and oxygen atoms in total. The minimum atomic E-state index is -4.39. The fraction of sp³-hybridized carbons (Fsp3) is 0.684. The van der Waals surface area contributed by atoms with Gasteiger partial charge < -0.3 is 25.2 Å². The number of rotatable bonds is 9. The summed E-state index contributed by atoms with van der Waals surface area (Å²) in [6.07, 6.45) is -4.83. The summed E-state index contributed by atoms with van der Waals surface area (Å²) >= 11 is 0. The van der Waals surface area contributed by atoms with E-state index in [2.05, 4.69) is 0 Å². The van der Waals surface area contributed by atoms with Crippen molar-refractivity contribution in [3.8, 4) is 5.75 Å². The monoisotopic (exact) mass is 407 g/mol. The van der Waals surface area contributed by atoms with Gasteiger partial charge >= 0.3 is 6.18 Å². The van der Waals surface area contributed by atoms with E-state index in [1.165, 1.54) is 12.1 Å². The van der Waals surface area contributed by atoms with Gasteiger partial charge in [-0.05, 0) is 37.6 Å². The Morgan fingerprint density at radius 1 is 1.04 bits per heavy atom. The summed E-state index contributed by atoms with van der Waals surface area (Å²) in [5.74, 6) is 0.190. The van der Waals surface area contributed by atoms with E-state index < -0.39 is 36.1 Å². The van der Waals surface area contributed by atoms with Crippen LogP contribution < -0.4 is 4.74 Å². The third kappa shape index (κ3) is 6.31. The minimum Gasteiger partial charge on any atom is -0.494 e. The molecule has 1 fully saturated rings. The standard InChI is InChI=1S/C19H28F3NO5/c20-19(21,22)13-6-5-7-14(10-13)28-9-4-2-1-3-8-23-11-16(25)18(27)17(26)15(23)12-24/h5-7,10,15-18,24-27H,1-4,8-9,11-12H2/t15-,16+,17-,18-/m1/s1. The number of halogens is 3. The largest absolute Gasteiger partial charge is 0.494 e. The predicted octanol–water partition coefficient (Wildman–Crippen LogP) is 1.40. The highest BCUT2D eigenvalue weighted by Gasteiger charge is 2.40. The van der Waals surface area contributed by atoms with Gasteiger partial charge in [-0.3, -0.25) is 4.90 Å². The second kappa shape index (κ2) is 10.4. The SMILES string of the molecule is OC[C@@H]1[C@@H](O)[C@H](O)[C@@H](O)CN1CCCCCCOc1cccc(C(F)(F)F)c1. The average Bonchev–Trinajstić information content (AvgIpc) is 2.65. The van der Waals surface area contributed by atoms with E-state index >= 15 is 0 Å². The summed E-state index contributed by atoms with van der Waals surface area (Å²) in [7, 11) is 0. The Balaban J connectivity index is 1.64. The number of hydrogen-bond acceptors (Lipinski definition) is 6. The van der Waals surface area contributed by atoms with Crippen molar-refractivity contribution in [2.24, 2.45) is 0 Å². The number of β-amino-alcohol motifs (C(OH)–C–C–N with tert-alkyl or cyclic N) is 1. The lowest BCUT2D eigenvalue weighted by Crippen LogP contribution is -2.62. The van der Waals surface area contributed by atoms with Crippen LogP contribution in [-0.2, 0) is 6.18 Å². The molecule has 0 bridgehead atoms. The zero-order valence-electron chi connectivity index (χ0n) is 15.6. The zero-order valence-corrected chi connectivity index (χ0v) is 15.6. The Morgan fingerprint density at radius 2 is 1.75 bits per heavy atom. The van der Waals surface area contributed by atoms with Gasteiger partial charge in [0, 0.05) is 6.54 Å². The Hall–Kier alpha value is -1.39. The van der Waals surface area contributed by atoms with Gasteiger partial charge in [0.15, 0.2) is 0 Å². The normalized spacial score (nSPS) is 26.4. The fourth-order valence-electron chi connectivity index (χ4n) is 3.36. The number of piperidine rings is 1. The van der Waals surface area contributed by atoms with Crippen LogP contribution in [0.5, 0.6) is 5.75 Å². The molecule has 2 rings (SSSR count). The number of benzene rings is 1. The highest BCUT2D eigenvalue weighted by atomic mass is 19.4. The summed E-state index contributed by atoms with van der Waals surface area (Å²) in [4.78, 5) is 1.77. The van der Waals surface area contributed by atoms with E-state index in [-0.39, 0.29) is 18.9 Å². The molecule has 1 aliphatic heterocycles. The molecule has 160 valence electrons. The van der Waals surface area contributed by atoms with Gasteiger partial charge in [-0.15, -0.1) is 0 Å². The van der Waals surface area contributed by atoms with Gasteiger partial charge in [-0.1, -0.05) is 18.9 Å². The highest BCUT2D eigenvalue weighted by Crippen LogP contribution is 2.31. The molecule has 0 unspecified atom stereocenters. The molecule has 4 N–H and O–H groups in total. The molecule has 1 aliphatic rings. The zero-order chi connectivity index (χ0) is 20.7. The van der Waals surface area contributed by atoms with Crippen LogP contribution in [0.2, 0.25) is 0 Å². The van der Waals surface area contributed by atoms with Gasteiger partial charge in [0.05, 0.1) is 30.9 Å². The van der Waals surface area contributed by atoms with Crippen molar-refractivity contribution in [3.63, 3.8) is 0 Å². The van der Waals surface area contributed by atoms with E-state index in [9.17, 15) is 33.6 Å². The molecule has 0 spiro atoms. The maximum atomic E-state index is 12.7. The molecule has 4 atom stereocenters. The molecule has 0 amide bonds. The van der Waals surface area contributed by atoms with E-state index in [1.807, 2.05) is 0 Å². The van der Waals surface area contributed by atoms with Crippen LogP contribution in [0.25, 0.3) is 0 Å². The summed E-state index contributed by atoms with van der Waals surface area (Å²) < 4.78 is 43.3. The number of ether oxygens (including phenoxy) is 1. The van der Waals surface area contributed by atoms with Crippen LogP contribution in [0.4, 0.5) is 13.2 Å². The fourth-order valence-corrected chi connectivity index (χ4v) is 3.36. The number of aliphatic hydroxyl groups is 4. The first-order valence-corrected chi connectivity index (χ1v) is 9.43. The van der Waals surface area contributed by atoms with E-state index in [0.29, 0.717) is 19.6 Å². The number of alkyl halides is 3. The second-order valence-corrected chi connectivity index (χ2v) is 7.08. The van der Waals surface area contributed by atoms with Gasteiger partial charge in [-0.25, -0.2) is 0 Å². The van der Waals surface area contributed by atoms with Crippen molar-refractivity contribution in [1.82, 2.24) is 4.90 Å². The maximum absolute atomic E-state index is 12.7. The Kier molecular flexibility index (Phi) is 8.51. The minimum absolute atomic E-state index is 0.183. The van der Waals surface area contributed by atoms with Gasteiger partial charge in [0.1, 0.15) is 18.0 Å². The maximum Gasteiger partial charge on any atom is 0.416 e. The van der Waals surface area contributed by atoms with E-state index in [0.717, 1.165) is 31.4 Å². The first-order chi connectivity index (χ1) is 13.2. The first kappa shape index (κ1) is 22.9. The number of nitrogens with zero attached hydrogens (tertiary/aromatic N) is 1. The molecule has 1 heterocycles. The lowest BCUT2D eigenvalue weighted by Gasteiger charge is -2.43. The molecule has 0 radical (unpaired) electrons. The smallest absolute Gasteiger partial charge is 0.416 e. The van der Waals surface area contributed by atoms with Crippen molar-refractivity contribution in [1.29, 1.82) is 0 Å². The number of hydrogen-bond donors (Lipinski definition) is 4. The molecule has 0 aliphatic carbocycles. The first-order valence-electron chi connectivity index (χ1n) is 9.43. The van der Waals surface area contributed by atoms with Gasteiger partial charge in [0.25, 0.3) is 0 Å². The molecule has 1 aromatic carbocycles. The van der Waals surface area contributed by atoms with Crippen LogP contribution in [0.15, 0.2) is 24.3 Å². The average molecular weight is 407 g/mol. The van der Waals surface area contributed by atoms with Crippen LogP contribution in [-0.4, -0.2) is 76.0 Å². The molecular weight excluding hydrogens is 379 g/mol. The predicted molar refractivity (Wildman–Crippen MR) is 95.9 cm³/mol. The Labute approximate surface area is 162 Å². The van der Waals surface area contributed by atoms with Crippen molar-refractivity contribution in [2.75, 3.05) is 26.3 Å². The van der Waals surface area contributed by atoms with Crippen LogP contribution >= 0.6 is 0 Å². The third-order valence-corrected chi connectivity index (χ3v) is 4.99. The Bertz CT molecular complexity index is 601.